The molecule has 0 amide bonds. The molecule has 0 atom stereocenters. The van der Waals surface area contributed by atoms with Crippen LogP contribution in [-0.2, 0) is 13.0 Å². The molecular formula is C10H11Cl2N3S. The minimum absolute atomic E-state index is 0. The third kappa shape index (κ3) is 1.80. The standard InChI is InChI=1S/C10H10ClN3S.ClH/c1-14-3-2-6-7(4-14)15-10-8(6)9(11)12-5-13-10;/h5H,2-4H2,1H3;1H. The third-order valence-electron chi connectivity index (χ3n) is 2.78. The van der Waals surface area contributed by atoms with Gasteiger partial charge in [-0.2, -0.15) is 0 Å². The Hall–Kier alpha value is -0.420. The second-order valence-corrected chi connectivity index (χ2v) is 5.28. The zero-order valence-electron chi connectivity index (χ0n) is 8.73. The molecule has 3 heterocycles. The van der Waals surface area contributed by atoms with E-state index in [-0.39, 0.29) is 12.4 Å². The number of rotatable bonds is 0. The predicted octanol–water partition coefficient (Wildman–Crippen LogP) is 2.75. The van der Waals surface area contributed by atoms with E-state index in [1.807, 2.05) is 0 Å². The Morgan fingerprint density at radius 2 is 2.25 bits per heavy atom. The number of fused-ring (bicyclic) bond motifs is 3. The highest BCUT2D eigenvalue weighted by Gasteiger charge is 2.21. The molecule has 0 unspecified atom stereocenters. The van der Waals surface area contributed by atoms with Crippen molar-refractivity contribution in [2.75, 3.05) is 13.6 Å². The summed E-state index contributed by atoms with van der Waals surface area (Å²) in [5.41, 5.74) is 1.36. The Morgan fingerprint density at radius 3 is 3.06 bits per heavy atom. The first-order valence-electron chi connectivity index (χ1n) is 4.85. The minimum atomic E-state index is 0. The lowest BCUT2D eigenvalue weighted by Crippen LogP contribution is -2.25. The van der Waals surface area contributed by atoms with Crippen molar-refractivity contribution in [3.63, 3.8) is 0 Å². The van der Waals surface area contributed by atoms with E-state index in [1.54, 1.807) is 11.3 Å². The summed E-state index contributed by atoms with van der Waals surface area (Å²) in [6.07, 6.45) is 2.59. The van der Waals surface area contributed by atoms with Crippen LogP contribution < -0.4 is 0 Å². The summed E-state index contributed by atoms with van der Waals surface area (Å²) in [5, 5.41) is 1.68. The molecule has 16 heavy (non-hydrogen) atoms. The topological polar surface area (TPSA) is 29.0 Å². The molecule has 0 bridgehead atoms. The van der Waals surface area contributed by atoms with Crippen LogP contribution in [0.3, 0.4) is 0 Å². The third-order valence-corrected chi connectivity index (χ3v) is 4.19. The van der Waals surface area contributed by atoms with Crippen molar-refractivity contribution < 1.29 is 0 Å². The molecule has 0 fully saturated rings. The van der Waals surface area contributed by atoms with Gasteiger partial charge in [0.15, 0.2) is 0 Å². The van der Waals surface area contributed by atoms with Gasteiger partial charge in [0.05, 0.1) is 5.39 Å². The van der Waals surface area contributed by atoms with E-state index in [1.165, 1.54) is 16.8 Å². The predicted molar refractivity (Wildman–Crippen MR) is 69.7 cm³/mol. The van der Waals surface area contributed by atoms with Crippen molar-refractivity contribution in [2.45, 2.75) is 13.0 Å². The molecule has 0 saturated carbocycles. The maximum atomic E-state index is 6.11. The van der Waals surface area contributed by atoms with Crippen LogP contribution in [0.15, 0.2) is 6.33 Å². The summed E-state index contributed by atoms with van der Waals surface area (Å²) < 4.78 is 0. The van der Waals surface area contributed by atoms with Crippen molar-refractivity contribution in [3.8, 4) is 0 Å². The van der Waals surface area contributed by atoms with Crippen molar-refractivity contribution >= 4 is 45.6 Å². The Bertz CT molecular complexity index is 526. The van der Waals surface area contributed by atoms with Gasteiger partial charge >= 0.3 is 0 Å². The first-order chi connectivity index (χ1) is 7.25. The van der Waals surface area contributed by atoms with Crippen molar-refractivity contribution in [2.24, 2.45) is 0 Å². The van der Waals surface area contributed by atoms with E-state index >= 15 is 0 Å². The summed E-state index contributed by atoms with van der Waals surface area (Å²) in [6.45, 7) is 2.09. The normalized spacial score (nSPS) is 15.9. The largest absolute Gasteiger partial charge is 0.301 e. The van der Waals surface area contributed by atoms with Crippen LogP contribution >= 0.6 is 35.3 Å². The molecule has 3 rings (SSSR count). The smallest absolute Gasteiger partial charge is 0.141 e. The zero-order valence-corrected chi connectivity index (χ0v) is 11.1. The Morgan fingerprint density at radius 1 is 1.44 bits per heavy atom. The lowest BCUT2D eigenvalue weighted by molar-refractivity contribution is 0.318. The van der Waals surface area contributed by atoms with Crippen LogP contribution in [0, 0.1) is 0 Å². The molecule has 0 radical (unpaired) electrons. The van der Waals surface area contributed by atoms with Gasteiger partial charge in [-0.25, -0.2) is 9.97 Å². The number of hydrogen-bond acceptors (Lipinski definition) is 4. The summed E-state index contributed by atoms with van der Waals surface area (Å²) in [7, 11) is 2.14. The molecule has 1 aliphatic rings. The van der Waals surface area contributed by atoms with E-state index in [4.69, 9.17) is 11.6 Å². The summed E-state index contributed by atoms with van der Waals surface area (Å²) in [4.78, 5) is 13.1. The van der Waals surface area contributed by atoms with Crippen molar-refractivity contribution in [1.29, 1.82) is 0 Å². The second kappa shape index (κ2) is 4.45. The molecule has 0 N–H and O–H groups in total. The number of nitrogens with zero attached hydrogens (tertiary/aromatic N) is 3. The van der Waals surface area contributed by atoms with Crippen LogP contribution in [0.1, 0.15) is 10.4 Å². The van der Waals surface area contributed by atoms with E-state index in [9.17, 15) is 0 Å². The van der Waals surface area contributed by atoms with Gasteiger partial charge in [0.25, 0.3) is 0 Å². The number of hydrogen-bond donors (Lipinski definition) is 0. The molecular weight excluding hydrogens is 265 g/mol. The van der Waals surface area contributed by atoms with Crippen LogP contribution in [0.2, 0.25) is 5.15 Å². The van der Waals surface area contributed by atoms with Crippen LogP contribution in [0.4, 0.5) is 0 Å². The van der Waals surface area contributed by atoms with Crippen LogP contribution in [-0.4, -0.2) is 28.5 Å². The van der Waals surface area contributed by atoms with Gasteiger partial charge < -0.3 is 4.90 Å². The molecule has 0 spiro atoms. The highest BCUT2D eigenvalue weighted by molar-refractivity contribution is 7.19. The molecule has 2 aromatic rings. The van der Waals surface area contributed by atoms with Gasteiger partial charge in [-0.3, -0.25) is 0 Å². The molecule has 2 aromatic heterocycles. The number of aromatic nitrogens is 2. The van der Waals surface area contributed by atoms with E-state index in [0.29, 0.717) is 5.15 Å². The maximum absolute atomic E-state index is 6.11. The van der Waals surface area contributed by atoms with Crippen LogP contribution in [0.25, 0.3) is 10.2 Å². The average Bonchev–Trinajstić information content (AvgIpc) is 2.56. The first-order valence-corrected chi connectivity index (χ1v) is 6.04. The second-order valence-electron chi connectivity index (χ2n) is 3.84. The van der Waals surface area contributed by atoms with Gasteiger partial charge in [-0.1, -0.05) is 11.6 Å². The highest BCUT2D eigenvalue weighted by Crippen LogP contribution is 2.36. The number of halogens is 2. The lowest BCUT2D eigenvalue weighted by atomic mass is 10.1. The molecule has 1 aliphatic heterocycles. The van der Waals surface area contributed by atoms with Gasteiger partial charge in [0.2, 0.25) is 0 Å². The quantitative estimate of drug-likeness (QED) is 0.693. The molecule has 0 aliphatic carbocycles. The fourth-order valence-electron chi connectivity index (χ4n) is 2.02. The van der Waals surface area contributed by atoms with Gasteiger partial charge in [-0.05, 0) is 19.0 Å². The molecule has 3 nitrogen and oxygen atoms in total. The van der Waals surface area contributed by atoms with E-state index < -0.39 is 0 Å². The average molecular weight is 276 g/mol. The Kier molecular flexibility index (Phi) is 3.35. The fourth-order valence-corrected chi connectivity index (χ4v) is 3.59. The Balaban J connectivity index is 0.000000963. The van der Waals surface area contributed by atoms with E-state index in [2.05, 4.69) is 21.9 Å². The maximum Gasteiger partial charge on any atom is 0.141 e. The van der Waals surface area contributed by atoms with E-state index in [0.717, 1.165) is 29.7 Å². The van der Waals surface area contributed by atoms with Gasteiger partial charge in [0, 0.05) is 18.0 Å². The molecule has 86 valence electrons. The molecule has 0 aromatic carbocycles. The van der Waals surface area contributed by atoms with Crippen molar-refractivity contribution in [1.82, 2.24) is 14.9 Å². The lowest BCUT2D eigenvalue weighted by Gasteiger charge is -2.21. The Labute approximate surface area is 109 Å². The summed E-state index contributed by atoms with van der Waals surface area (Å²) in [5.74, 6) is 0. The first kappa shape index (κ1) is 12.0. The van der Waals surface area contributed by atoms with Gasteiger partial charge in [0.1, 0.15) is 16.3 Å². The summed E-state index contributed by atoms with van der Waals surface area (Å²) >= 11 is 7.85. The SMILES string of the molecule is CN1CCc2c(sc3ncnc(Cl)c23)C1.Cl. The van der Waals surface area contributed by atoms with Crippen LogP contribution in [0.5, 0.6) is 0 Å². The number of likely N-dealkylation sites (N-methyl/N-ethyl adjacent to an activating group) is 1. The zero-order chi connectivity index (χ0) is 10.4. The van der Waals surface area contributed by atoms with Crippen molar-refractivity contribution in [3.05, 3.63) is 21.9 Å². The highest BCUT2D eigenvalue weighted by atomic mass is 35.5. The number of thiophene rings is 1. The monoisotopic (exact) mass is 275 g/mol. The van der Waals surface area contributed by atoms with Gasteiger partial charge in [-0.15, -0.1) is 23.7 Å². The minimum Gasteiger partial charge on any atom is -0.301 e. The summed E-state index contributed by atoms with van der Waals surface area (Å²) in [6, 6.07) is 0. The fraction of sp³-hybridized carbons (Fsp3) is 0.400. The molecule has 6 heteroatoms. The molecule has 0 saturated heterocycles.